The molecule has 0 saturated heterocycles. The molecule has 0 heterocycles. The van der Waals surface area contributed by atoms with Crippen LogP contribution in [0.5, 0.6) is 5.75 Å². The molecule has 0 amide bonds. The van der Waals surface area contributed by atoms with Gasteiger partial charge in [0.05, 0.1) is 12.2 Å². The molecule has 0 aromatic heterocycles. The molecule has 0 bridgehead atoms. The monoisotopic (exact) mass is 236 g/mol. The number of hydrogen-bond acceptors (Lipinski definition) is 2. The standard InChI is InChI=1S/C15H24O2/c1-12(2)13-6-8-14(9-7-13)16-10-11-17-15(3,4)5/h6-9,12H,10-11H2,1-5H3. The zero-order valence-electron chi connectivity index (χ0n) is 11.6. The molecule has 96 valence electrons. The second-order valence-corrected chi connectivity index (χ2v) is 5.53. The molecule has 0 N–H and O–H groups in total. The van der Waals surface area contributed by atoms with Crippen molar-refractivity contribution in [1.82, 2.24) is 0 Å². The van der Waals surface area contributed by atoms with Crippen LogP contribution in [0.2, 0.25) is 0 Å². The van der Waals surface area contributed by atoms with Gasteiger partial charge in [-0.2, -0.15) is 0 Å². The predicted octanol–water partition coefficient (Wildman–Crippen LogP) is 4.00. The van der Waals surface area contributed by atoms with E-state index in [4.69, 9.17) is 9.47 Å². The van der Waals surface area contributed by atoms with E-state index in [0.29, 0.717) is 19.1 Å². The summed E-state index contributed by atoms with van der Waals surface area (Å²) in [6, 6.07) is 8.27. The molecule has 17 heavy (non-hydrogen) atoms. The Morgan fingerprint density at radius 2 is 1.59 bits per heavy atom. The minimum atomic E-state index is -0.0924. The van der Waals surface area contributed by atoms with Gasteiger partial charge in [0.15, 0.2) is 0 Å². The lowest BCUT2D eigenvalue weighted by Crippen LogP contribution is -2.22. The lowest BCUT2D eigenvalue weighted by molar-refractivity contribution is -0.0163. The van der Waals surface area contributed by atoms with Gasteiger partial charge < -0.3 is 9.47 Å². The van der Waals surface area contributed by atoms with Crippen LogP contribution >= 0.6 is 0 Å². The fourth-order valence-electron chi connectivity index (χ4n) is 1.46. The first-order chi connectivity index (χ1) is 7.88. The molecule has 0 fully saturated rings. The highest BCUT2D eigenvalue weighted by atomic mass is 16.5. The van der Waals surface area contributed by atoms with E-state index in [2.05, 4.69) is 26.0 Å². The molecule has 0 aliphatic rings. The molecule has 0 unspecified atom stereocenters. The van der Waals surface area contributed by atoms with Gasteiger partial charge in [-0.05, 0) is 44.4 Å². The molecule has 0 aliphatic carbocycles. The maximum atomic E-state index is 5.61. The van der Waals surface area contributed by atoms with E-state index in [1.165, 1.54) is 5.56 Å². The van der Waals surface area contributed by atoms with Gasteiger partial charge in [-0.25, -0.2) is 0 Å². The minimum absolute atomic E-state index is 0.0924. The Labute approximate surface area is 105 Å². The molecule has 0 saturated carbocycles. The van der Waals surface area contributed by atoms with Crippen molar-refractivity contribution in [2.45, 2.75) is 46.1 Å². The fraction of sp³-hybridized carbons (Fsp3) is 0.600. The van der Waals surface area contributed by atoms with Crippen molar-refractivity contribution in [2.24, 2.45) is 0 Å². The van der Waals surface area contributed by atoms with Crippen LogP contribution in [0.3, 0.4) is 0 Å². The summed E-state index contributed by atoms with van der Waals surface area (Å²) < 4.78 is 11.2. The first kappa shape index (κ1) is 14.0. The summed E-state index contributed by atoms with van der Waals surface area (Å²) >= 11 is 0. The van der Waals surface area contributed by atoms with Crippen LogP contribution in [0.1, 0.15) is 46.1 Å². The predicted molar refractivity (Wildman–Crippen MR) is 71.7 cm³/mol. The Balaban J connectivity index is 2.33. The maximum absolute atomic E-state index is 5.61. The van der Waals surface area contributed by atoms with Gasteiger partial charge in [-0.1, -0.05) is 26.0 Å². The van der Waals surface area contributed by atoms with Crippen molar-refractivity contribution in [3.05, 3.63) is 29.8 Å². The van der Waals surface area contributed by atoms with Gasteiger partial charge in [-0.3, -0.25) is 0 Å². The molecular formula is C15H24O2. The molecule has 0 aliphatic heterocycles. The normalized spacial score (nSPS) is 11.9. The van der Waals surface area contributed by atoms with Crippen molar-refractivity contribution >= 4 is 0 Å². The van der Waals surface area contributed by atoms with Gasteiger partial charge in [0.2, 0.25) is 0 Å². The van der Waals surface area contributed by atoms with Crippen LogP contribution in [0, 0.1) is 0 Å². The average molecular weight is 236 g/mol. The molecule has 2 heteroatoms. The van der Waals surface area contributed by atoms with E-state index >= 15 is 0 Å². The number of benzene rings is 1. The number of ether oxygens (including phenoxy) is 2. The van der Waals surface area contributed by atoms with E-state index in [9.17, 15) is 0 Å². The third-order valence-electron chi connectivity index (χ3n) is 2.43. The Morgan fingerprint density at radius 3 is 2.06 bits per heavy atom. The Morgan fingerprint density at radius 1 is 1.00 bits per heavy atom. The van der Waals surface area contributed by atoms with Crippen molar-refractivity contribution in [3.63, 3.8) is 0 Å². The minimum Gasteiger partial charge on any atom is -0.491 e. The van der Waals surface area contributed by atoms with E-state index in [1.807, 2.05) is 32.9 Å². The first-order valence-corrected chi connectivity index (χ1v) is 6.25. The summed E-state index contributed by atoms with van der Waals surface area (Å²) in [7, 11) is 0. The van der Waals surface area contributed by atoms with Crippen molar-refractivity contribution < 1.29 is 9.47 Å². The van der Waals surface area contributed by atoms with Crippen molar-refractivity contribution in [1.29, 1.82) is 0 Å². The first-order valence-electron chi connectivity index (χ1n) is 6.25. The van der Waals surface area contributed by atoms with Crippen molar-refractivity contribution in [3.8, 4) is 5.75 Å². The SMILES string of the molecule is CC(C)c1ccc(OCCOC(C)(C)C)cc1. The molecule has 0 radical (unpaired) electrons. The molecular weight excluding hydrogens is 212 g/mol. The smallest absolute Gasteiger partial charge is 0.119 e. The third-order valence-corrected chi connectivity index (χ3v) is 2.43. The van der Waals surface area contributed by atoms with Crippen LogP contribution in [-0.2, 0) is 4.74 Å². The topological polar surface area (TPSA) is 18.5 Å². The summed E-state index contributed by atoms with van der Waals surface area (Å²) in [6.45, 7) is 11.7. The lowest BCUT2D eigenvalue weighted by atomic mass is 10.0. The second-order valence-electron chi connectivity index (χ2n) is 5.53. The van der Waals surface area contributed by atoms with Crippen LogP contribution in [0.25, 0.3) is 0 Å². The van der Waals surface area contributed by atoms with Gasteiger partial charge >= 0.3 is 0 Å². The fourth-order valence-corrected chi connectivity index (χ4v) is 1.46. The third kappa shape index (κ3) is 5.73. The van der Waals surface area contributed by atoms with Crippen molar-refractivity contribution in [2.75, 3.05) is 13.2 Å². The van der Waals surface area contributed by atoms with Crippen LogP contribution in [-0.4, -0.2) is 18.8 Å². The van der Waals surface area contributed by atoms with E-state index in [1.54, 1.807) is 0 Å². The summed E-state index contributed by atoms with van der Waals surface area (Å²) in [5.74, 6) is 1.47. The van der Waals surface area contributed by atoms with Gasteiger partial charge in [-0.15, -0.1) is 0 Å². The van der Waals surface area contributed by atoms with Gasteiger partial charge in [0, 0.05) is 0 Å². The Hall–Kier alpha value is -1.02. The second kappa shape index (κ2) is 6.06. The highest BCUT2D eigenvalue weighted by Gasteiger charge is 2.09. The number of rotatable bonds is 5. The summed E-state index contributed by atoms with van der Waals surface area (Å²) in [5, 5.41) is 0. The number of hydrogen-bond donors (Lipinski definition) is 0. The Kier molecular flexibility index (Phi) is 5.01. The van der Waals surface area contributed by atoms with Crippen LogP contribution in [0.4, 0.5) is 0 Å². The summed E-state index contributed by atoms with van der Waals surface area (Å²) in [5.41, 5.74) is 1.24. The largest absolute Gasteiger partial charge is 0.491 e. The Bertz CT molecular complexity index is 320. The highest BCUT2D eigenvalue weighted by Crippen LogP contribution is 2.18. The molecule has 0 spiro atoms. The maximum Gasteiger partial charge on any atom is 0.119 e. The highest BCUT2D eigenvalue weighted by molar-refractivity contribution is 5.28. The zero-order valence-corrected chi connectivity index (χ0v) is 11.6. The summed E-state index contributed by atoms with van der Waals surface area (Å²) in [6.07, 6.45) is 0. The van der Waals surface area contributed by atoms with Gasteiger partial charge in [0.25, 0.3) is 0 Å². The molecule has 1 aromatic carbocycles. The van der Waals surface area contributed by atoms with Crippen LogP contribution in [0.15, 0.2) is 24.3 Å². The van der Waals surface area contributed by atoms with E-state index in [0.717, 1.165) is 5.75 Å². The molecule has 1 aromatic rings. The lowest BCUT2D eigenvalue weighted by Gasteiger charge is -2.19. The molecule has 2 nitrogen and oxygen atoms in total. The summed E-state index contributed by atoms with van der Waals surface area (Å²) in [4.78, 5) is 0. The average Bonchev–Trinajstić information content (AvgIpc) is 2.24. The van der Waals surface area contributed by atoms with Crippen LogP contribution < -0.4 is 4.74 Å². The quantitative estimate of drug-likeness (QED) is 0.719. The molecule has 0 atom stereocenters. The molecule has 1 rings (SSSR count). The van der Waals surface area contributed by atoms with E-state index < -0.39 is 0 Å². The zero-order chi connectivity index (χ0) is 12.9. The van der Waals surface area contributed by atoms with Gasteiger partial charge in [0.1, 0.15) is 12.4 Å². The van der Waals surface area contributed by atoms with E-state index in [-0.39, 0.29) is 5.60 Å².